The van der Waals surface area contributed by atoms with Gasteiger partial charge in [0.2, 0.25) is 5.91 Å². The van der Waals surface area contributed by atoms with Gasteiger partial charge in [0.1, 0.15) is 17.5 Å². The zero-order valence-corrected chi connectivity index (χ0v) is 19.4. The molecule has 0 aromatic heterocycles. The Kier molecular flexibility index (Phi) is 8.91. The van der Waals surface area contributed by atoms with Crippen molar-refractivity contribution in [1.82, 2.24) is 10.2 Å². The molecular weight excluding hydrogens is 392 g/mol. The lowest BCUT2D eigenvalue weighted by molar-refractivity contribution is -0.143. The second kappa shape index (κ2) is 11.4. The van der Waals surface area contributed by atoms with E-state index in [1.165, 1.54) is 0 Å². The highest BCUT2D eigenvalue weighted by atomic mass is 16.5. The van der Waals surface area contributed by atoms with E-state index in [2.05, 4.69) is 5.32 Å². The van der Waals surface area contributed by atoms with Crippen molar-refractivity contribution in [1.29, 1.82) is 0 Å². The molecule has 2 rings (SSSR count). The molecule has 0 saturated carbocycles. The third-order valence-electron chi connectivity index (χ3n) is 4.89. The van der Waals surface area contributed by atoms with Crippen LogP contribution in [0.25, 0.3) is 0 Å². The van der Waals surface area contributed by atoms with Crippen LogP contribution in [0.3, 0.4) is 0 Å². The van der Waals surface area contributed by atoms with Crippen LogP contribution in [0.5, 0.6) is 11.5 Å². The van der Waals surface area contributed by atoms with E-state index < -0.39 is 6.04 Å². The highest BCUT2D eigenvalue weighted by Gasteiger charge is 2.29. The average Bonchev–Trinajstić information content (AvgIpc) is 2.71. The zero-order chi connectivity index (χ0) is 23.0. The number of ether oxygens (including phenoxy) is 2. The Morgan fingerprint density at radius 2 is 1.61 bits per heavy atom. The van der Waals surface area contributed by atoms with Crippen LogP contribution in [0.2, 0.25) is 0 Å². The Bertz CT molecular complexity index is 857. The van der Waals surface area contributed by atoms with Gasteiger partial charge >= 0.3 is 0 Å². The number of nitrogens with zero attached hydrogens (tertiary/aromatic N) is 1. The molecule has 31 heavy (non-hydrogen) atoms. The predicted molar refractivity (Wildman–Crippen MR) is 122 cm³/mol. The first kappa shape index (κ1) is 24.3. The number of hydrogen-bond acceptors (Lipinski definition) is 4. The molecule has 6 heteroatoms. The molecule has 1 unspecified atom stereocenters. The first-order chi connectivity index (χ1) is 14.7. The van der Waals surface area contributed by atoms with Gasteiger partial charge in [0.15, 0.2) is 6.61 Å². The standard InChI is InChI=1S/C25H34N2O4/c1-7-23(25(29)26-17(2)3)27(15-20-8-10-21(30-6)11-9-20)24(28)16-31-22-13-18(4)12-19(5)14-22/h8-14,17,23H,7,15-16H2,1-6H3,(H,26,29). The molecule has 0 aliphatic carbocycles. The van der Waals surface area contributed by atoms with Gasteiger partial charge in [0, 0.05) is 12.6 Å². The van der Waals surface area contributed by atoms with Gasteiger partial charge in [-0.25, -0.2) is 0 Å². The Morgan fingerprint density at radius 1 is 1.00 bits per heavy atom. The molecular formula is C25H34N2O4. The lowest BCUT2D eigenvalue weighted by atomic mass is 10.1. The van der Waals surface area contributed by atoms with Crippen LogP contribution < -0.4 is 14.8 Å². The summed E-state index contributed by atoms with van der Waals surface area (Å²) in [4.78, 5) is 27.6. The van der Waals surface area contributed by atoms with Gasteiger partial charge in [0.05, 0.1) is 7.11 Å². The maximum absolute atomic E-state index is 13.2. The van der Waals surface area contributed by atoms with Crippen molar-refractivity contribution >= 4 is 11.8 Å². The molecule has 1 N–H and O–H groups in total. The lowest BCUT2D eigenvalue weighted by Gasteiger charge is -2.31. The second-order valence-corrected chi connectivity index (χ2v) is 8.07. The summed E-state index contributed by atoms with van der Waals surface area (Å²) in [5.41, 5.74) is 3.05. The molecule has 0 heterocycles. The number of rotatable bonds is 10. The smallest absolute Gasteiger partial charge is 0.261 e. The number of hydrogen-bond donors (Lipinski definition) is 1. The van der Waals surface area contributed by atoms with Crippen LogP contribution in [-0.4, -0.2) is 42.5 Å². The van der Waals surface area contributed by atoms with Crippen molar-refractivity contribution in [3.63, 3.8) is 0 Å². The van der Waals surface area contributed by atoms with Crippen molar-refractivity contribution in [2.75, 3.05) is 13.7 Å². The highest BCUT2D eigenvalue weighted by Crippen LogP contribution is 2.19. The van der Waals surface area contributed by atoms with Gasteiger partial charge < -0.3 is 19.7 Å². The minimum absolute atomic E-state index is 0.00833. The fraction of sp³-hybridized carbons (Fsp3) is 0.440. The van der Waals surface area contributed by atoms with Crippen molar-refractivity contribution in [3.8, 4) is 11.5 Å². The zero-order valence-electron chi connectivity index (χ0n) is 19.4. The SMILES string of the molecule is CCC(C(=O)NC(C)C)N(Cc1ccc(OC)cc1)C(=O)COc1cc(C)cc(C)c1. The molecule has 6 nitrogen and oxygen atoms in total. The van der Waals surface area contributed by atoms with E-state index in [0.29, 0.717) is 18.7 Å². The van der Waals surface area contributed by atoms with E-state index in [0.717, 1.165) is 22.4 Å². The van der Waals surface area contributed by atoms with Gasteiger partial charge in [-0.2, -0.15) is 0 Å². The largest absolute Gasteiger partial charge is 0.497 e. The van der Waals surface area contributed by atoms with Gasteiger partial charge in [-0.3, -0.25) is 9.59 Å². The molecule has 0 saturated heterocycles. The fourth-order valence-corrected chi connectivity index (χ4v) is 3.47. The van der Waals surface area contributed by atoms with E-state index in [9.17, 15) is 9.59 Å². The summed E-state index contributed by atoms with van der Waals surface area (Å²) < 4.78 is 11.0. The first-order valence-corrected chi connectivity index (χ1v) is 10.7. The highest BCUT2D eigenvalue weighted by molar-refractivity contribution is 5.88. The summed E-state index contributed by atoms with van der Waals surface area (Å²) in [5.74, 6) is 0.991. The van der Waals surface area contributed by atoms with Gasteiger partial charge in [-0.05, 0) is 75.1 Å². The molecule has 0 aliphatic rings. The quantitative estimate of drug-likeness (QED) is 0.623. The van der Waals surface area contributed by atoms with Crippen molar-refractivity contribution in [2.45, 2.75) is 59.7 Å². The molecule has 1 atom stereocenters. The normalized spacial score (nSPS) is 11.7. The van der Waals surface area contributed by atoms with E-state index in [-0.39, 0.29) is 24.5 Å². The van der Waals surface area contributed by atoms with E-state index in [1.54, 1.807) is 12.0 Å². The van der Waals surface area contributed by atoms with Crippen LogP contribution in [0, 0.1) is 13.8 Å². The molecule has 2 aromatic rings. The fourth-order valence-electron chi connectivity index (χ4n) is 3.47. The number of aryl methyl sites for hydroxylation is 2. The monoisotopic (exact) mass is 426 g/mol. The van der Waals surface area contributed by atoms with Crippen LogP contribution in [-0.2, 0) is 16.1 Å². The number of carbonyl (C=O) groups excluding carboxylic acids is 2. The van der Waals surface area contributed by atoms with Crippen LogP contribution in [0.4, 0.5) is 0 Å². The topological polar surface area (TPSA) is 67.9 Å². The van der Waals surface area contributed by atoms with Crippen molar-refractivity contribution in [3.05, 3.63) is 59.2 Å². The number of amides is 2. The van der Waals surface area contributed by atoms with Crippen LogP contribution in [0.1, 0.15) is 43.9 Å². The first-order valence-electron chi connectivity index (χ1n) is 10.7. The Balaban J connectivity index is 2.23. The van der Waals surface area contributed by atoms with Crippen LogP contribution in [0.15, 0.2) is 42.5 Å². The molecule has 0 spiro atoms. The molecule has 0 fully saturated rings. The summed E-state index contributed by atoms with van der Waals surface area (Å²) in [6, 6.07) is 12.7. The van der Waals surface area contributed by atoms with Crippen LogP contribution >= 0.6 is 0 Å². The maximum Gasteiger partial charge on any atom is 0.261 e. The Hall–Kier alpha value is -3.02. The number of benzene rings is 2. The van der Waals surface area contributed by atoms with Gasteiger partial charge in [0.25, 0.3) is 5.91 Å². The van der Waals surface area contributed by atoms with Gasteiger partial charge in [-0.1, -0.05) is 25.1 Å². The van der Waals surface area contributed by atoms with Gasteiger partial charge in [-0.15, -0.1) is 0 Å². The molecule has 168 valence electrons. The molecule has 0 aliphatic heterocycles. The second-order valence-electron chi connectivity index (χ2n) is 8.07. The third kappa shape index (κ3) is 7.31. The summed E-state index contributed by atoms with van der Waals surface area (Å²) >= 11 is 0. The number of carbonyl (C=O) groups is 2. The minimum atomic E-state index is -0.583. The average molecular weight is 427 g/mol. The van der Waals surface area contributed by atoms with E-state index in [1.807, 2.05) is 77.1 Å². The predicted octanol–water partition coefficient (Wildman–Crippen LogP) is 4.02. The van der Waals surface area contributed by atoms with Crippen molar-refractivity contribution < 1.29 is 19.1 Å². The summed E-state index contributed by atoms with van der Waals surface area (Å²) in [7, 11) is 1.61. The van der Waals surface area contributed by atoms with Crippen molar-refractivity contribution in [2.24, 2.45) is 0 Å². The molecule has 0 radical (unpaired) electrons. The van der Waals surface area contributed by atoms with E-state index >= 15 is 0 Å². The Labute approximate surface area is 185 Å². The molecule has 2 aromatic carbocycles. The number of nitrogens with one attached hydrogen (secondary N) is 1. The summed E-state index contributed by atoms with van der Waals surface area (Å²) in [6.07, 6.45) is 0.504. The lowest BCUT2D eigenvalue weighted by Crippen LogP contribution is -2.51. The summed E-state index contributed by atoms with van der Waals surface area (Å²) in [6.45, 7) is 9.87. The summed E-state index contributed by atoms with van der Waals surface area (Å²) in [5, 5.41) is 2.93. The molecule has 2 amide bonds. The van der Waals surface area contributed by atoms with E-state index in [4.69, 9.17) is 9.47 Å². The molecule has 0 bridgehead atoms. The Morgan fingerprint density at radius 3 is 2.13 bits per heavy atom. The maximum atomic E-state index is 13.2. The third-order valence-corrected chi connectivity index (χ3v) is 4.89. The number of methoxy groups -OCH3 is 1. The minimum Gasteiger partial charge on any atom is -0.497 e.